The Kier molecular flexibility index (Phi) is 4.69. The smallest absolute Gasteiger partial charge is 0.254 e. The van der Waals surface area contributed by atoms with E-state index >= 15 is 0 Å². The van der Waals surface area contributed by atoms with Gasteiger partial charge in [0.1, 0.15) is 12.1 Å². The molecule has 1 atom stereocenters. The number of nitrogens with one attached hydrogen (secondary N) is 1. The maximum Gasteiger partial charge on any atom is 0.254 e. The average molecular weight is 395 g/mol. The van der Waals surface area contributed by atoms with E-state index in [1.807, 2.05) is 65.5 Å². The Balaban J connectivity index is 1.41. The van der Waals surface area contributed by atoms with Crippen LogP contribution in [0.2, 0.25) is 0 Å². The van der Waals surface area contributed by atoms with Crippen LogP contribution in [0.15, 0.2) is 85.5 Å². The van der Waals surface area contributed by atoms with E-state index in [2.05, 4.69) is 50.7 Å². The lowest BCUT2D eigenvalue weighted by Gasteiger charge is -2.15. The molecule has 7 nitrogen and oxygen atoms in total. The summed E-state index contributed by atoms with van der Waals surface area (Å²) >= 11 is 0. The summed E-state index contributed by atoms with van der Waals surface area (Å²) in [5.41, 5.74) is 4.20. The van der Waals surface area contributed by atoms with Gasteiger partial charge in [-0.3, -0.25) is 4.68 Å². The maximum absolute atomic E-state index is 4.63. The van der Waals surface area contributed by atoms with E-state index in [9.17, 15) is 0 Å². The number of anilines is 1. The van der Waals surface area contributed by atoms with Gasteiger partial charge in [0, 0.05) is 23.4 Å². The van der Waals surface area contributed by atoms with Crippen LogP contribution in [-0.2, 0) is 6.54 Å². The second-order valence-electron chi connectivity index (χ2n) is 7.19. The van der Waals surface area contributed by atoms with Crippen molar-refractivity contribution >= 4 is 11.6 Å². The standard InChI is InChI=1S/C23H21N7/c1-17(20-13-25-29(15-20)14-18-8-4-2-5-9-18)27-22-12-21(19-10-6-3-7-11-19)28-23-24-16-26-30(22)23/h2-13,15-17,27H,14H2,1H3. The molecular weight excluding hydrogens is 374 g/mol. The minimum atomic E-state index is 0.0351. The van der Waals surface area contributed by atoms with E-state index in [1.165, 1.54) is 11.9 Å². The Morgan fingerprint density at radius 1 is 0.967 bits per heavy atom. The maximum atomic E-state index is 4.63. The third kappa shape index (κ3) is 3.65. The van der Waals surface area contributed by atoms with Gasteiger partial charge in [-0.1, -0.05) is 60.7 Å². The van der Waals surface area contributed by atoms with E-state index < -0.39 is 0 Å². The summed E-state index contributed by atoms with van der Waals surface area (Å²) in [5, 5.41) is 12.4. The molecular formula is C23H21N7. The van der Waals surface area contributed by atoms with E-state index in [0.717, 1.165) is 29.2 Å². The fourth-order valence-electron chi connectivity index (χ4n) is 3.44. The highest BCUT2D eigenvalue weighted by Gasteiger charge is 2.14. The average Bonchev–Trinajstić information content (AvgIpc) is 3.45. The molecule has 7 heteroatoms. The van der Waals surface area contributed by atoms with Crippen LogP contribution in [0.3, 0.4) is 0 Å². The molecule has 148 valence electrons. The first-order valence-electron chi connectivity index (χ1n) is 9.85. The number of hydrogen-bond acceptors (Lipinski definition) is 5. The fraction of sp³-hybridized carbons (Fsp3) is 0.130. The number of nitrogens with zero attached hydrogens (tertiary/aromatic N) is 6. The quantitative estimate of drug-likeness (QED) is 0.466. The molecule has 1 N–H and O–H groups in total. The van der Waals surface area contributed by atoms with Crippen LogP contribution in [0.1, 0.15) is 24.1 Å². The van der Waals surface area contributed by atoms with Gasteiger partial charge in [-0.15, -0.1) is 0 Å². The molecule has 0 saturated carbocycles. The zero-order chi connectivity index (χ0) is 20.3. The third-order valence-electron chi connectivity index (χ3n) is 5.03. The predicted octanol–water partition coefficient (Wildman–Crippen LogP) is 4.21. The molecule has 0 aliphatic rings. The van der Waals surface area contributed by atoms with Gasteiger partial charge in [-0.2, -0.15) is 19.7 Å². The second kappa shape index (κ2) is 7.79. The highest BCUT2D eigenvalue weighted by atomic mass is 15.4. The van der Waals surface area contributed by atoms with Crippen molar-refractivity contribution in [1.29, 1.82) is 0 Å². The van der Waals surface area contributed by atoms with Gasteiger partial charge in [0.15, 0.2) is 0 Å². The van der Waals surface area contributed by atoms with Crippen LogP contribution >= 0.6 is 0 Å². The van der Waals surface area contributed by atoms with Gasteiger partial charge in [0.2, 0.25) is 0 Å². The first-order chi connectivity index (χ1) is 14.8. The highest BCUT2D eigenvalue weighted by Crippen LogP contribution is 2.24. The molecule has 5 aromatic rings. The molecule has 30 heavy (non-hydrogen) atoms. The Morgan fingerprint density at radius 2 is 1.73 bits per heavy atom. The summed E-state index contributed by atoms with van der Waals surface area (Å²) < 4.78 is 3.67. The monoisotopic (exact) mass is 395 g/mol. The topological polar surface area (TPSA) is 72.9 Å². The molecule has 0 amide bonds. The van der Waals surface area contributed by atoms with E-state index in [4.69, 9.17) is 0 Å². The summed E-state index contributed by atoms with van der Waals surface area (Å²) in [6.45, 7) is 2.85. The minimum Gasteiger partial charge on any atom is -0.363 e. The number of fused-ring (bicyclic) bond motifs is 1. The lowest BCUT2D eigenvalue weighted by Crippen LogP contribution is -2.11. The predicted molar refractivity (Wildman–Crippen MR) is 116 cm³/mol. The number of rotatable bonds is 6. The summed E-state index contributed by atoms with van der Waals surface area (Å²) in [6.07, 6.45) is 5.49. The van der Waals surface area contributed by atoms with E-state index in [-0.39, 0.29) is 6.04 Å². The Hall–Kier alpha value is -4.00. The Labute approximate surface area is 174 Å². The Morgan fingerprint density at radius 3 is 2.53 bits per heavy atom. The molecule has 3 aromatic heterocycles. The van der Waals surface area contributed by atoms with Crippen LogP contribution in [0.25, 0.3) is 17.0 Å². The molecule has 0 saturated heterocycles. The molecule has 0 fully saturated rings. The summed E-state index contributed by atoms with van der Waals surface area (Å²) in [6, 6.07) is 22.4. The van der Waals surface area contributed by atoms with Gasteiger partial charge >= 0.3 is 0 Å². The zero-order valence-electron chi connectivity index (χ0n) is 16.6. The van der Waals surface area contributed by atoms with Gasteiger partial charge in [-0.25, -0.2) is 4.98 Å². The molecule has 3 heterocycles. The summed E-state index contributed by atoms with van der Waals surface area (Å²) in [4.78, 5) is 8.91. The van der Waals surface area contributed by atoms with Crippen LogP contribution in [0.4, 0.5) is 5.82 Å². The summed E-state index contributed by atoms with van der Waals surface area (Å²) in [7, 11) is 0. The van der Waals surface area contributed by atoms with Crippen LogP contribution in [0.5, 0.6) is 0 Å². The molecule has 2 aromatic carbocycles. The molecule has 0 bridgehead atoms. The SMILES string of the molecule is CC(Nc1cc(-c2ccccc2)nc2ncnn12)c1cnn(Cc2ccccc2)c1. The number of hydrogen-bond donors (Lipinski definition) is 1. The lowest BCUT2D eigenvalue weighted by atomic mass is 10.1. The van der Waals surface area contributed by atoms with Crippen molar-refractivity contribution in [3.8, 4) is 11.3 Å². The lowest BCUT2D eigenvalue weighted by molar-refractivity contribution is 0.685. The largest absolute Gasteiger partial charge is 0.363 e. The molecule has 1 unspecified atom stereocenters. The fourth-order valence-corrected chi connectivity index (χ4v) is 3.44. The first kappa shape index (κ1) is 18.1. The molecule has 0 aliphatic carbocycles. The van der Waals surface area contributed by atoms with Crippen molar-refractivity contribution in [3.05, 3.63) is 96.6 Å². The van der Waals surface area contributed by atoms with Crippen LogP contribution in [-0.4, -0.2) is 29.4 Å². The minimum absolute atomic E-state index is 0.0351. The van der Waals surface area contributed by atoms with Crippen molar-refractivity contribution < 1.29 is 0 Å². The van der Waals surface area contributed by atoms with Crippen molar-refractivity contribution in [3.63, 3.8) is 0 Å². The van der Waals surface area contributed by atoms with Crippen molar-refractivity contribution in [2.45, 2.75) is 19.5 Å². The van der Waals surface area contributed by atoms with Crippen LogP contribution < -0.4 is 5.32 Å². The Bertz CT molecular complexity index is 1260. The summed E-state index contributed by atoms with van der Waals surface area (Å²) in [5.74, 6) is 1.39. The van der Waals surface area contributed by atoms with Gasteiger partial charge in [-0.05, 0) is 12.5 Å². The van der Waals surface area contributed by atoms with Gasteiger partial charge in [0.25, 0.3) is 5.78 Å². The molecule has 0 radical (unpaired) electrons. The number of benzene rings is 2. The normalized spacial score (nSPS) is 12.2. The van der Waals surface area contributed by atoms with Gasteiger partial charge < -0.3 is 5.32 Å². The van der Waals surface area contributed by atoms with E-state index in [1.54, 1.807) is 4.52 Å². The molecule has 5 rings (SSSR count). The van der Waals surface area contributed by atoms with E-state index in [0.29, 0.717) is 5.78 Å². The molecule has 0 aliphatic heterocycles. The van der Waals surface area contributed by atoms with Gasteiger partial charge in [0.05, 0.1) is 24.5 Å². The zero-order valence-corrected chi connectivity index (χ0v) is 16.6. The first-order valence-corrected chi connectivity index (χ1v) is 9.85. The third-order valence-corrected chi connectivity index (χ3v) is 5.03. The van der Waals surface area contributed by atoms with Crippen molar-refractivity contribution in [2.24, 2.45) is 0 Å². The highest BCUT2D eigenvalue weighted by molar-refractivity contribution is 5.65. The molecule has 0 spiro atoms. The van der Waals surface area contributed by atoms with Crippen LogP contribution in [0, 0.1) is 0 Å². The second-order valence-corrected chi connectivity index (χ2v) is 7.19. The number of aromatic nitrogens is 6. The van der Waals surface area contributed by atoms with Crippen molar-refractivity contribution in [1.82, 2.24) is 29.4 Å². The van der Waals surface area contributed by atoms with Crippen molar-refractivity contribution in [2.75, 3.05) is 5.32 Å².